The normalized spacial score (nSPS) is 10.1. The van der Waals surface area contributed by atoms with Gasteiger partial charge in [-0.25, -0.2) is 14.4 Å². The molecule has 0 aliphatic rings. The Morgan fingerprint density at radius 1 is 0.969 bits per heavy atom. The lowest BCUT2D eigenvalue weighted by Crippen LogP contribution is -2.32. The first-order valence-corrected chi connectivity index (χ1v) is 8.91. The van der Waals surface area contributed by atoms with E-state index < -0.39 is 28.2 Å². The highest BCUT2D eigenvalue weighted by molar-refractivity contribution is 5.98. The lowest BCUT2D eigenvalue weighted by molar-refractivity contribution is -0.383. The van der Waals surface area contributed by atoms with Crippen LogP contribution in [0, 0.1) is 15.9 Å². The Kier molecular flexibility index (Phi) is 6.70. The van der Waals surface area contributed by atoms with Gasteiger partial charge in [0.15, 0.2) is 0 Å². The molecule has 0 atom stereocenters. The van der Waals surface area contributed by atoms with Crippen molar-refractivity contribution in [3.05, 3.63) is 81.9 Å². The van der Waals surface area contributed by atoms with E-state index in [1.165, 1.54) is 25.3 Å². The molecule has 2 amide bonds. The van der Waals surface area contributed by atoms with Crippen molar-refractivity contribution in [1.82, 2.24) is 20.8 Å². The molecule has 4 N–H and O–H groups in total. The van der Waals surface area contributed by atoms with Crippen LogP contribution in [0.1, 0.15) is 20.7 Å². The number of para-hydroxylation sites is 1. The molecule has 0 aliphatic heterocycles. The zero-order chi connectivity index (χ0) is 23.1. The third-order valence-corrected chi connectivity index (χ3v) is 4.05. The number of hydrazine groups is 2. The number of amides is 2. The number of nitrogens with one attached hydrogen (secondary N) is 4. The lowest BCUT2D eigenvalue weighted by Gasteiger charge is -2.12. The molecule has 1 heterocycles. The van der Waals surface area contributed by atoms with E-state index >= 15 is 0 Å². The fourth-order valence-electron chi connectivity index (χ4n) is 2.54. The molecule has 0 saturated carbocycles. The smallest absolute Gasteiger partial charge is 0.356 e. The van der Waals surface area contributed by atoms with Crippen LogP contribution in [0.25, 0.3) is 0 Å². The summed E-state index contributed by atoms with van der Waals surface area (Å²) < 4.78 is 18.1. The maximum absolute atomic E-state index is 13.0. The molecule has 12 nitrogen and oxygen atoms in total. The van der Waals surface area contributed by atoms with E-state index in [9.17, 15) is 24.1 Å². The highest BCUT2D eigenvalue weighted by Crippen LogP contribution is 2.28. The minimum atomic E-state index is -0.802. The molecule has 32 heavy (non-hydrogen) atoms. The number of nitrogens with zero attached hydrogens (tertiary/aromatic N) is 3. The molecule has 0 unspecified atom stereocenters. The van der Waals surface area contributed by atoms with Crippen molar-refractivity contribution in [3.8, 4) is 5.75 Å². The second kappa shape index (κ2) is 9.80. The molecule has 0 spiro atoms. The van der Waals surface area contributed by atoms with Gasteiger partial charge in [0.2, 0.25) is 11.6 Å². The summed E-state index contributed by atoms with van der Waals surface area (Å²) in [5.41, 5.74) is 8.86. The summed E-state index contributed by atoms with van der Waals surface area (Å²) >= 11 is 0. The molecule has 3 rings (SSSR count). The van der Waals surface area contributed by atoms with E-state index in [0.717, 1.165) is 18.5 Å². The van der Waals surface area contributed by atoms with Crippen LogP contribution in [-0.2, 0) is 0 Å². The molecular formula is C19H16FN7O5. The van der Waals surface area contributed by atoms with Gasteiger partial charge in [0.1, 0.15) is 17.9 Å². The van der Waals surface area contributed by atoms with Gasteiger partial charge in [-0.1, -0.05) is 12.1 Å². The van der Waals surface area contributed by atoms with Gasteiger partial charge in [0.05, 0.1) is 17.6 Å². The quantitative estimate of drug-likeness (QED) is 0.303. The van der Waals surface area contributed by atoms with Gasteiger partial charge in [-0.15, -0.1) is 0 Å². The molecule has 3 aromatic rings. The lowest BCUT2D eigenvalue weighted by atomic mass is 10.2. The van der Waals surface area contributed by atoms with Gasteiger partial charge >= 0.3 is 5.69 Å². The Hall–Kier alpha value is -4.81. The van der Waals surface area contributed by atoms with Crippen molar-refractivity contribution in [1.29, 1.82) is 0 Å². The summed E-state index contributed by atoms with van der Waals surface area (Å²) in [6, 6.07) is 11.0. The number of benzene rings is 2. The third kappa shape index (κ3) is 5.02. The molecule has 0 saturated heterocycles. The Morgan fingerprint density at radius 3 is 2.16 bits per heavy atom. The van der Waals surface area contributed by atoms with Crippen LogP contribution in [-0.4, -0.2) is 33.8 Å². The average Bonchev–Trinajstić information content (AvgIpc) is 2.81. The van der Waals surface area contributed by atoms with Crippen LogP contribution >= 0.6 is 0 Å². The van der Waals surface area contributed by atoms with Crippen molar-refractivity contribution < 1.29 is 23.6 Å². The zero-order valence-corrected chi connectivity index (χ0v) is 16.5. The predicted molar refractivity (Wildman–Crippen MR) is 110 cm³/mol. The van der Waals surface area contributed by atoms with Gasteiger partial charge in [0, 0.05) is 5.56 Å². The second-order valence-corrected chi connectivity index (χ2v) is 6.04. The fraction of sp³-hybridized carbons (Fsp3) is 0.0526. The summed E-state index contributed by atoms with van der Waals surface area (Å²) in [5, 5.41) is 11.6. The third-order valence-electron chi connectivity index (χ3n) is 4.05. The molecule has 2 aromatic carbocycles. The Balaban J connectivity index is 1.74. The van der Waals surface area contributed by atoms with Gasteiger partial charge in [-0.2, -0.15) is 0 Å². The maximum atomic E-state index is 13.0. The van der Waals surface area contributed by atoms with Crippen LogP contribution in [0.3, 0.4) is 0 Å². The van der Waals surface area contributed by atoms with E-state index in [-0.39, 0.29) is 22.8 Å². The monoisotopic (exact) mass is 441 g/mol. The molecule has 0 fully saturated rings. The molecule has 164 valence electrons. The Labute approximate surface area is 179 Å². The second-order valence-electron chi connectivity index (χ2n) is 6.04. The number of methoxy groups -OCH3 is 1. The Bertz CT molecular complexity index is 1160. The van der Waals surface area contributed by atoms with Crippen molar-refractivity contribution in [3.63, 3.8) is 0 Å². The van der Waals surface area contributed by atoms with Crippen molar-refractivity contribution in [2.75, 3.05) is 18.0 Å². The van der Waals surface area contributed by atoms with Gasteiger partial charge in [-0.3, -0.25) is 41.4 Å². The number of carbonyl (C=O) groups excluding carboxylic acids is 2. The molecule has 0 aliphatic carbocycles. The topological polar surface area (TPSA) is 160 Å². The minimum absolute atomic E-state index is 0.109. The summed E-state index contributed by atoms with van der Waals surface area (Å²) in [4.78, 5) is 42.8. The predicted octanol–water partition coefficient (Wildman–Crippen LogP) is 2.05. The summed E-state index contributed by atoms with van der Waals surface area (Å²) in [6.45, 7) is 0. The van der Waals surface area contributed by atoms with E-state index in [2.05, 4.69) is 31.7 Å². The summed E-state index contributed by atoms with van der Waals surface area (Å²) in [6.07, 6.45) is 0.983. The molecular weight excluding hydrogens is 425 g/mol. The minimum Gasteiger partial charge on any atom is -0.496 e. The van der Waals surface area contributed by atoms with E-state index in [1.807, 2.05) is 0 Å². The van der Waals surface area contributed by atoms with Crippen LogP contribution in [0.5, 0.6) is 5.75 Å². The standard InChI is InChI=1S/C19H16FN7O5/c1-32-14-5-3-2-4-13(14)19(29)26-24-17-15(27(30)31)16(21-10-22-17)23-25-18(28)11-6-8-12(20)9-7-11/h2-10H,1H3,(H,25,28)(H,26,29)(H2,21,22,23,24). The molecule has 0 radical (unpaired) electrons. The largest absolute Gasteiger partial charge is 0.496 e. The molecule has 13 heteroatoms. The number of hydrogen-bond acceptors (Lipinski definition) is 9. The highest BCUT2D eigenvalue weighted by atomic mass is 19.1. The van der Waals surface area contributed by atoms with Gasteiger partial charge in [-0.05, 0) is 36.4 Å². The van der Waals surface area contributed by atoms with E-state index in [0.29, 0.717) is 5.75 Å². The van der Waals surface area contributed by atoms with E-state index in [4.69, 9.17) is 4.74 Å². The molecule has 0 bridgehead atoms. The van der Waals surface area contributed by atoms with Crippen molar-refractivity contribution in [2.24, 2.45) is 0 Å². The number of ether oxygens (including phenoxy) is 1. The number of anilines is 2. The first kappa shape index (κ1) is 21.9. The van der Waals surface area contributed by atoms with Gasteiger partial charge < -0.3 is 4.74 Å². The maximum Gasteiger partial charge on any atom is 0.356 e. The number of rotatable bonds is 8. The van der Waals surface area contributed by atoms with Crippen molar-refractivity contribution >= 4 is 29.1 Å². The number of hydrogen-bond donors (Lipinski definition) is 4. The number of halogens is 1. The first-order valence-electron chi connectivity index (χ1n) is 8.91. The van der Waals surface area contributed by atoms with Crippen molar-refractivity contribution in [2.45, 2.75) is 0 Å². The summed E-state index contributed by atoms with van der Waals surface area (Å²) in [5.74, 6) is -2.23. The number of carbonyl (C=O) groups is 2. The summed E-state index contributed by atoms with van der Waals surface area (Å²) in [7, 11) is 1.40. The molecule has 1 aromatic heterocycles. The van der Waals surface area contributed by atoms with Crippen LogP contribution in [0.2, 0.25) is 0 Å². The average molecular weight is 441 g/mol. The van der Waals surface area contributed by atoms with Crippen LogP contribution in [0.4, 0.5) is 21.7 Å². The van der Waals surface area contributed by atoms with Gasteiger partial charge in [0.25, 0.3) is 11.8 Å². The zero-order valence-electron chi connectivity index (χ0n) is 16.5. The SMILES string of the molecule is COc1ccccc1C(=O)NNc1ncnc(NNC(=O)c2ccc(F)cc2)c1[N+](=O)[O-]. The Morgan fingerprint density at radius 2 is 1.56 bits per heavy atom. The van der Waals surface area contributed by atoms with Crippen LogP contribution in [0.15, 0.2) is 54.9 Å². The number of nitro groups is 1. The first-order chi connectivity index (χ1) is 15.4. The van der Waals surface area contributed by atoms with Crippen LogP contribution < -0.4 is 26.4 Å². The highest BCUT2D eigenvalue weighted by Gasteiger charge is 2.24. The number of aromatic nitrogens is 2. The van der Waals surface area contributed by atoms with E-state index in [1.54, 1.807) is 18.2 Å². The fourth-order valence-corrected chi connectivity index (χ4v) is 2.54.